The molecule has 0 fully saturated rings. The Bertz CT molecular complexity index is 5520. The quantitative estimate of drug-likeness (QED) is 0.0894. The third-order valence-electron chi connectivity index (χ3n) is 19.1. The molecule has 0 aliphatic rings. The van der Waals surface area contributed by atoms with Crippen LogP contribution in [0, 0.1) is 13.8 Å². The summed E-state index contributed by atoms with van der Waals surface area (Å²) in [4.78, 5) is 11.3. The summed E-state index contributed by atoms with van der Waals surface area (Å²) in [7, 11) is 18.7. The van der Waals surface area contributed by atoms with Gasteiger partial charge in [-0.3, -0.25) is 0 Å². The predicted octanol–water partition coefficient (Wildman–Crippen LogP) is 31.6. The summed E-state index contributed by atoms with van der Waals surface area (Å²) in [5.74, 6) is 0. The first-order valence-corrected chi connectivity index (χ1v) is 46.9. The summed E-state index contributed by atoms with van der Waals surface area (Å²) in [6.45, 7) is 15.8. The van der Waals surface area contributed by atoms with Crippen molar-refractivity contribution in [1.82, 2.24) is 0 Å². The first kappa shape index (κ1) is 93.3. The van der Waals surface area contributed by atoms with Crippen molar-refractivity contribution in [3.63, 3.8) is 0 Å². The van der Waals surface area contributed by atoms with Crippen LogP contribution in [-0.2, 0) is 0 Å². The van der Waals surface area contributed by atoms with E-state index < -0.39 is 0 Å². The molecule has 0 aliphatic carbocycles. The molecule has 0 saturated heterocycles. The first-order valence-electron chi connectivity index (χ1n) is 40.0. The number of aryl methyl sites for hydroxylation is 2. The molecule has 5 nitrogen and oxygen atoms in total. The molecule has 11 heteroatoms. The minimum Gasteiger partial charge on any atom is -0.344 e. The second-order valence-electron chi connectivity index (χ2n) is 26.4. The average Bonchev–Trinajstić information content (AvgIpc) is 0.821. The van der Waals surface area contributed by atoms with E-state index in [0.717, 1.165) is 39.8 Å². The van der Waals surface area contributed by atoms with Crippen molar-refractivity contribution in [2.75, 3.05) is 78.6 Å². The molecule has 0 amide bonds. The molecule has 17 aromatic carbocycles. The number of hydrogen-bond acceptors (Lipinski definition) is 5. The number of para-hydroxylation sites is 7. The number of anilines is 13. The summed E-state index contributed by atoms with van der Waals surface area (Å²) in [5.41, 5.74) is 25.0. The molecule has 119 heavy (non-hydrogen) atoms. The van der Waals surface area contributed by atoms with Gasteiger partial charge in [0.15, 0.2) is 0 Å². The molecule has 17 aromatic rings. The minimum atomic E-state index is 1.13. The average molecular weight is 1670 g/mol. The Hall–Kier alpha value is -11.2. The fourth-order valence-corrected chi connectivity index (χ4v) is 13.6. The van der Waals surface area contributed by atoms with E-state index in [1.807, 2.05) is 58.2 Å². The predicted molar refractivity (Wildman–Crippen MR) is 553 cm³/mol. The molecule has 0 spiro atoms. The van der Waals surface area contributed by atoms with Crippen LogP contribution < -0.4 is 24.5 Å². The number of nitrogens with zero attached hydrogens (tertiary/aromatic N) is 5. The van der Waals surface area contributed by atoms with E-state index in [1.54, 1.807) is 0 Å². The molecule has 0 aromatic heterocycles. The van der Waals surface area contributed by atoms with Crippen molar-refractivity contribution in [1.29, 1.82) is 0 Å². The van der Waals surface area contributed by atoms with Crippen molar-refractivity contribution in [3.05, 3.63) is 454 Å². The standard InChI is InChI=1S/C37H29N.C29H24N2.C19H17N.C17H15N.6CH5P/c1-28-11-8-12-30(25-28)32-14-10-16-34(27-32)33-15-9-13-31(26-33)29-21-23-37(24-22-29)38(35-17-4-2-5-18-35)36-19-6-3-7-20-36;1-30(29-18-10-12-23-11-8-9-17-28(23)29)24-19-21-27(22-20-24)31(25-13-4-2-5-14-25)26-15-6-3-7-16-26;1-16-12-14-19(15-13-16)20(17-8-4-2-5-9-17)18-10-6-3-7-11-18;1-18(15-10-3-2-4-11-15)17-13-7-9-14-8-5-6-12-16(14)17;6*1-2/h2-27H,1H3;2-22H,1H3;2-15H,1H3;2-13H,1H3;6*2H2,1H3. The molecule has 0 N–H and O–H groups in total. The zero-order chi connectivity index (χ0) is 84.9. The minimum absolute atomic E-state index is 1.13. The fourth-order valence-electron chi connectivity index (χ4n) is 13.6. The largest absolute Gasteiger partial charge is 0.344 e. The number of rotatable bonds is 16. The summed E-state index contributed by atoms with van der Waals surface area (Å²) in [5, 5.41) is 5.07. The van der Waals surface area contributed by atoms with Gasteiger partial charge >= 0.3 is 0 Å². The smallest absolute Gasteiger partial charge is 0.0487 e. The van der Waals surface area contributed by atoms with Crippen LogP contribution in [0.4, 0.5) is 73.9 Å². The number of benzene rings is 17. The number of fused-ring (bicyclic) bond motifs is 2. The van der Waals surface area contributed by atoms with Gasteiger partial charge in [-0.05, 0) is 216 Å². The maximum atomic E-state index is 2.42. The van der Waals surface area contributed by atoms with Crippen LogP contribution >= 0.6 is 55.4 Å². The zero-order valence-corrected chi connectivity index (χ0v) is 77.3. The molecule has 0 aliphatic heterocycles. The number of hydrogen-bond donors (Lipinski definition) is 0. The molecule has 0 radical (unpaired) electrons. The Morgan fingerprint density at radius 2 is 0.370 bits per heavy atom. The van der Waals surface area contributed by atoms with Gasteiger partial charge in [0.2, 0.25) is 0 Å². The van der Waals surface area contributed by atoms with Gasteiger partial charge in [0.05, 0.1) is 0 Å². The monoisotopic (exact) mass is 1670 g/mol. The second-order valence-corrected chi connectivity index (χ2v) is 26.4. The van der Waals surface area contributed by atoms with Crippen molar-refractivity contribution in [3.8, 4) is 33.4 Å². The lowest BCUT2D eigenvalue weighted by atomic mass is 9.96. The maximum absolute atomic E-state index is 2.42. The molecule has 0 heterocycles. The molecule has 0 saturated carbocycles. The van der Waals surface area contributed by atoms with Crippen molar-refractivity contribution in [2.45, 2.75) is 13.8 Å². The molecule has 0 bridgehead atoms. The van der Waals surface area contributed by atoms with Crippen LogP contribution in [0.5, 0.6) is 0 Å². The maximum Gasteiger partial charge on any atom is 0.0487 e. The van der Waals surface area contributed by atoms with E-state index in [0.29, 0.717) is 0 Å². The Morgan fingerprint density at radius 3 is 0.681 bits per heavy atom. The topological polar surface area (TPSA) is 16.2 Å². The molecular formula is C108H115N5P6. The molecule has 6 atom stereocenters. The fraction of sp³-hybridized carbons (Fsp3) is 0.0926. The van der Waals surface area contributed by atoms with Crippen LogP contribution in [0.25, 0.3) is 54.9 Å². The van der Waals surface area contributed by atoms with Crippen LogP contribution in [0.1, 0.15) is 11.1 Å². The summed E-state index contributed by atoms with van der Waals surface area (Å²) in [6, 6.07) is 156. The Balaban J connectivity index is 0.000000196. The second kappa shape index (κ2) is 51.9. The van der Waals surface area contributed by atoms with Gasteiger partial charge in [0.1, 0.15) is 0 Å². The molecule has 602 valence electrons. The normalized spacial score (nSPS) is 9.85. The Kier molecular flexibility index (Phi) is 40.7. The highest BCUT2D eigenvalue weighted by atomic mass is 31.0. The van der Waals surface area contributed by atoms with Gasteiger partial charge in [-0.25, -0.2) is 0 Å². The Labute approximate surface area is 725 Å². The third-order valence-corrected chi connectivity index (χ3v) is 19.1. The van der Waals surface area contributed by atoms with Crippen LogP contribution in [0.2, 0.25) is 0 Å². The van der Waals surface area contributed by atoms with Crippen LogP contribution in [-0.4, -0.2) is 54.1 Å². The van der Waals surface area contributed by atoms with Crippen LogP contribution in [0.3, 0.4) is 0 Å². The van der Waals surface area contributed by atoms with Gasteiger partial charge in [-0.2, -0.15) is 0 Å². The molecule has 6 unspecified atom stereocenters. The van der Waals surface area contributed by atoms with E-state index >= 15 is 0 Å². The van der Waals surface area contributed by atoms with Crippen LogP contribution in [0.15, 0.2) is 443 Å². The van der Waals surface area contributed by atoms with E-state index in [-0.39, 0.29) is 0 Å². The summed E-state index contributed by atoms with van der Waals surface area (Å²) >= 11 is 0. The van der Waals surface area contributed by atoms with E-state index in [1.165, 1.54) is 100 Å². The SMILES string of the molecule is CN(c1ccc(N(c2ccccc2)c2ccccc2)cc1)c1cccc2ccccc12.CN(c1ccccc1)c1cccc2ccccc12.CP.CP.CP.CP.CP.CP.Cc1ccc(N(c2ccccc2)c2ccccc2)cc1.Cc1cccc(-c2cccc(-c3cccc(-c4ccc(N(c5ccccc5)c5ccccc5)cc4)c3)c2)c1. The van der Waals surface area contributed by atoms with Gasteiger partial charge in [-0.1, -0.05) is 336 Å². The van der Waals surface area contributed by atoms with Crippen molar-refractivity contribution in [2.24, 2.45) is 0 Å². The Morgan fingerprint density at radius 1 is 0.160 bits per heavy atom. The summed E-state index contributed by atoms with van der Waals surface area (Å²) < 4.78 is 0. The van der Waals surface area contributed by atoms with Gasteiger partial charge in [0.25, 0.3) is 0 Å². The highest BCUT2D eigenvalue weighted by Crippen LogP contribution is 2.41. The molecular weight excluding hydrogens is 1550 g/mol. The van der Waals surface area contributed by atoms with Gasteiger partial charge < -0.3 is 24.5 Å². The van der Waals surface area contributed by atoms with Crippen molar-refractivity contribution >= 4 is 151 Å². The van der Waals surface area contributed by atoms with Gasteiger partial charge in [-0.15, -0.1) is 55.4 Å². The summed E-state index contributed by atoms with van der Waals surface area (Å²) in [6.07, 6.45) is 0. The lowest BCUT2D eigenvalue weighted by Crippen LogP contribution is -2.12. The zero-order valence-electron chi connectivity index (χ0n) is 70.3. The van der Waals surface area contributed by atoms with E-state index in [2.05, 4.69) is 533 Å². The van der Waals surface area contributed by atoms with Crippen molar-refractivity contribution < 1.29 is 0 Å². The first-order chi connectivity index (χ1) is 58.8. The lowest BCUT2D eigenvalue weighted by molar-refractivity contribution is 1.21. The van der Waals surface area contributed by atoms with E-state index in [4.69, 9.17) is 0 Å². The highest BCUT2D eigenvalue weighted by molar-refractivity contribution is 7.16. The highest BCUT2D eigenvalue weighted by Gasteiger charge is 2.17. The van der Waals surface area contributed by atoms with Gasteiger partial charge in [0, 0.05) is 98.8 Å². The van der Waals surface area contributed by atoms with E-state index in [9.17, 15) is 0 Å². The lowest BCUT2D eigenvalue weighted by Gasteiger charge is -2.27. The molecule has 17 rings (SSSR count). The third kappa shape index (κ3) is 26.4.